The van der Waals surface area contributed by atoms with Crippen LogP contribution in [0.1, 0.15) is 37.3 Å². The highest BCUT2D eigenvalue weighted by molar-refractivity contribution is 6.20. The van der Waals surface area contributed by atoms with Crippen LogP contribution in [0, 0.1) is 5.82 Å². The Bertz CT molecular complexity index is 449. The Kier molecular flexibility index (Phi) is 6.93. The van der Waals surface area contributed by atoms with Gasteiger partial charge in [-0.05, 0) is 30.9 Å². The van der Waals surface area contributed by atoms with Crippen molar-refractivity contribution in [3.05, 3.63) is 41.7 Å². The van der Waals surface area contributed by atoms with Gasteiger partial charge in [-0.25, -0.2) is 13.2 Å². The van der Waals surface area contributed by atoms with Crippen LogP contribution in [0.4, 0.5) is 13.2 Å². The third-order valence-corrected chi connectivity index (χ3v) is 3.35. The molecule has 0 aliphatic rings. The van der Waals surface area contributed by atoms with Gasteiger partial charge >= 0.3 is 0 Å². The van der Waals surface area contributed by atoms with Gasteiger partial charge in [0.2, 0.25) is 0 Å². The van der Waals surface area contributed by atoms with Crippen LogP contribution in [0.3, 0.4) is 0 Å². The highest BCUT2D eigenvalue weighted by atomic mass is 35.5. The predicted molar refractivity (Wildman–Crippen MR) is 75.3 cm³/mol. The molecule has 20 heavy (non-hydrogen) atoms. The van der Waals surface area contributed by atoms with Gasteiger partial charge in [-0.1, -0.05) is 19.1 Å². The van der Waals surface area contributed by atoms with Crippen LogP contribution in [0.2, 0.25) is 0 Å². The highest BCUT2D eigenvalue weighted by Gasteiger charge is 2.22. The van der Waals surface area contributed by atoms with E-state index in [2.05, 4.69) is 6.58 Å². The summed E-state index contributed by atoms with van der Waals surface area (Å²) in [4.78, 5) is 0. The lowest BCUT2D eigenvalue weighted by Crippen LogP contribution is -2.12. The van der Waals surface area contributed by atoms with E-state index in [1.54, 1.807) is 6.08 Å². The second-order valence-electron chi connectivity index (χ2n) is 4.40. The summed E-state index contributed by atoms with van der Waals surface area (Å²) in [6.07, 6.45) is 0.197. The Morgan fingerprint density at radius 2 is 2.10 bits per heavy atom. The van der Waals surface area contributed by atoms with Crippen molar-refractivity contribution in [2.45, 2.75) is 38.0 Å². The first kappa shape index (κ1) is 16.9. The van der Waals surface area contributed by atoms with Crippen LogP contribution in [-0.4, -0.2) is 12.0 Å². The number of benzene rings is 1. The molecule has 1 aromatic rings. The van der Waals surface area contributed by atoms with Gasteiger partial charge in [0.1, 0.15) is 18.2 Å². The van der Waals surface area contributed by atoms with Gasteiger partial charge in [-0.2, -0.15) is 0 Å². The fraction of sp³-hybridized carbons (Fsp3) is 0.467. The number of alkyl halides is 3. The van der Waals surface area contributed by atoms with Crippen LogP contribution in [0.25, 0.3) is 0 Å². The average molecular weight is 307 g/mol. The SMILES string of the molecule is C=CCCc1ccc(OCC(Cl)CC)c(C(F)F)c1F. The lowest BCUT2D eigenvalue weighted by Gasteiger charge is -2.15. The fourth-order valence-corrected chi connectivity index (χ4v) is 1.76. The van der Waals surface area contributed by atoms with Crippen LogP contribution >= 0.6 is 11.6 Å². The summed E-state index contributed by atoms with van der Waals surface area (Å²) in [7, 11) is 0. The van der Waals surface area contributed by atoms with Gasteiger partial charge in [0.25, 0.3) is 6.43 Å². The first-order chi connectivity index (χ1) is 9.51. The monoisotopic (exact) mass is 306 g/mol. The van der Waals surface area contributed by atoms with Gasteiger partial charge in [0.05, 0.1) is 10.9 Å². The molecule has 1 nitrogen and oxygen atoms in total. The molecule has 0 aliphatic heterocycles. The molecule has 0 bridgehead atoms. The van der Waals surface area contributed by atoms with Crippen molar-refractivity contribution in [3.63, 3.8) is 0 Å². The molecule has 0 saturated heterocycles. The Labute approximate surface area is 122 Å². The summed E-state index contributed by atoms with van der Waals surface area (Å²) in [5.41, 5.74) is -0.447. The molecule has 0 amide bonds. The summed E-state index contributed by atoms with van der Waals surface area (Å²) >= 11 is 5.87. The second kappa shape index (κ2) is 8.20. The van der Waals surface area contributed by atoms with Crippen molar-refractivity contribution in [3.8, 4) is 5.75 Å². The van der Waals surface area contributed by atoms with Crippen molar-refractivity contribution in [1.82, 2.24) is 0 Å². The van der Waals surface area contributed by atoms with E-state index >= 15 is 0 Å². The minimum absolute atomic E-state index is 0.0726. The minimum Gasteiger partial charge on any atom is -0.491 e. The molecule has 0 aliphatic carbocycles. The standard InChI is InChI=1S/C15H18ClF3O/c1-3-5-6-10-7-8-12(20-9-11(16)4-2)13(14(10)17)15(18)19/h3,7-8,11,15H,1,4-6,9H2,2H3. The zero-order valence-corrected chi connectivity index (χ0v) is 12.1. The van der Waals surface area contributed by atoms with Crippen molar-refractivity contribution in [1.29, 1.82) is 0 Å². The Morgan fingerprint density at radius 1 is 1.40 bits per heavy atom. The number of hydrogen-bond donors (Lipinski definition) is 0. The first-order valence-corrected chi connectivity index (χ1v) is 6.92. The first-order valence-electron chi connectivity index (χ1n) is 6.48. The maximum atomic E-state index is 14.1. The minimum atomic E-state index is -2.93. The van der Waals surface area contributed by atoms with E-state index in [1.807, 2.05) is 6.92 Å². The molecule has 112 valence electrons. The second-order valence-corrected chi connectivity index (χ2v) is 5.01. The molecule has 1 rings (SSSR count). The Morgan fingerprint density at radius 3 is 2.65 bits per heavy atom. The Balaban J connectivity index is 3.00. The Hall–Kier alpha value is -1.16. The number of hydrogen-bond acceptors (Lipinski definition) is 1. The van der Waals surface area contributed by atoms with Gasteiger partial charge in [-0.15, -0.1) is 18.2 Å². The molecule has 0 spiro atoms. The molecule has 1 unspecified atom stereocenters. The van der Waals surface area contributed by atoms with Crippen LogP contribution < -0.4 is 4.74 Å². The third kappa shape index (κ3) is 4.44. The van der Waals surface area contributed by atoms with Crippen LogP contribution in [0.15, 0.2) is 24.8 Å². The van der Waals surface area contributed by atoms with Gasteiger partial charge in [0.15, 0.2) is 0 Å². The van der Waals surface area contributed by atoms with Crippen LogP contribution in [-0.2, 0) is 6.42 Å². The number of aryl methyl sites for hydroxylation is 1. The molecular weight excluding hydrogens is 289 g/mol. The fourth-order valence-electron chi connectivity index (χ4n) is 1.70. The number of allylic oxidation sites excluding steroid dienone is 1. The van der Waals surface area contributed by atoms with E-state index in [0.29, 0.717) is 19.3 Å². The maximum absolute atomic E-state index is 14.1. The van der Waals surface area contributed by atoms with Gasteiger partial charge in [0, 0.05) is 0 Å². The van der Waals surface area contributed by atoms with E-state index in [9.17, 15) is 13.2 Å². The smallest absolute Gasteiger partial charge is 0.270 e. The quantitative estimate of drug-likeness (QED) is 0.469. The molecule has 0 fully saturated rings. The number of halogens is 4. The summed E-state index contributed by atoms with van der Waals surface area (Å²) in [5, 5.41) is -0.288. The molecule has 1 atom stereocenters. The molecule has 0 heterocycles. The summed E-state index contributed by atoms with van der Waals surface area (Å²) < 4.78 is 45.4. The van der Waals surface area contributed by atoms with Crippen molar-refractivity contribution >= 4 is 11.6 Å². The van der Waals surface area contributed by atoms with E-state index in [1.165, 1.54) is 12.1 Å². The topological polar surface area (TPSA) is 9.23 Å². The zero-order valence-electron chi connectivity index (χ0n) is 11.3. The highest BCUT2D eigenvalue weighted by Crippen LogP contribution is 2.34. The normalized spacial score (nSPS) is 12.5. The van der Waals surface area contributed by atoms with E-state index in [4.69, 9.17) is 16.3 Å². The molecule has 0 saturated carbocycles. The third-order valence-electron chi connectivity index (χ3n) is 2.92. The van der Waals surface area contributed by atoms with Crippen molar-refractivity contribution in [2.75, 3.05) is 6.61 Å². The molecule has 0 aromatic heterocycles. The summed E-state index contributed by atoms with van der Waals surface area (Å²) in [6.45, 7) is 5.46. The average Bonchev–Trinajstić information content (AvgIpc) is 2.43. The lowest BCUT2D eigenvalue weighted by molar-refractivity contribution is 0.139. The van der Waals surface area contributed by atoms with Crippen molar-refractivity contribution < 1.29 is 17.9 Å². The molecule has 0 radical (unpaired) electrons. The summed E-state index contributed by atoms with van der Waals surface area (Å²) in [5.74, 6) is -1.04. The largest absolute Gasteiger partial charge is 0.491 e. The van der Waals surface area contributed by atoms with Gasteiger partial charge in [-0.3, -0.25) is 0 Å². The van der Waals surface area contributed by atoms with E-state index in [0.717, 1.165) is 0 Å². The molecule has 1 aromatic carbocycles. The molecule has 5 heteroatoms. The summed E-state index contributed by atoms with van der Waals surface area (Å²) in [6, 6.07) is 2.84. The number of rotatable bonds is 8. The van der Waals surface area contributed by atoms with Gasteiger partial charge < -0.3 is 4.74 Å². The van der Waals surface area contributed by atoms with E-state index < -0.39 is 17.8 Å². The number of ether oxygens (including phenoxy) is 1. The predicted octanol–water partition coefficient (Wildman–Crippen LogP) is 5.28. The maximum Gasteiger partial charge on any atom is 0.270 e. The van der Waals surface area contributed by atoms with Crippen LogP contribution in [0.5, 0.6) is 5.75 Å². The van der Waals surface area contributed by atoms with Crippen molar-refractivity contribution in [2.24, 2.45) is 0 Å². The zero-order chi connectivity index (χ0) is 15.1. The molecular formula is C15H18ClF3O. The lowest BCUT2D eigenvalue weighted by atomic mass is 10.0. The van der Waals surface area contributed by atoms with E-state index in [-0.39, 0.29) is 23.3 Å². The molecule has 0 N–H and O–H groups in total.